The average Bonchev–Trinajstić information content (AvgIpc) is 3.36. The topological polar surface area (TPSA) is 27.7 Å². The number of allylic oxidation sites excluding steroid dienone is 1. The van der Waals surface area contributed by atoms with Crippen LogP contribution in [0.1, 0.15) is 70.6 Å². The highest BCUT2D eigenvalue weighted by Crippen LogP contribution is 2.49. The van der Waals surface area contributed by atoms with Gasteiger partial charge < -0.3 is 14.2 Å². The molecule has 162 valence electrons. The molecule has 1 heterocycles. The minimum Gasteiger partial charge on any atom is -0.494 e. The fourth-order valence-electron chi connectivity index (χ4n) is 4.28. The molecule has 0 radical (unpaired) electrons. The summed E-state index contributed by atoms with van der Waals surface area (Å²) in [5, 5.41) is 0.751. The number of unbranched alkanes of at least 4 members (excludes halogenated alkanes) is 5. The molecule has 2 fully saturated rings. The summed E-state index contributed by atoms with van der Waals surface area (Å²) in [6.07, 6.45) is 13.6. The van der Waals surface area contributed by atoms with Crippen LogP contribution in [-0.2, 0) is 9.47 Å². The smallest absolute Gasteiger partial charge is 0.157 e. The lowest BCUT2D eigenvalue weighted by atomic mass is 10.1. The Hall–Kier alpha value is -1.03. The quantitative estimate of drug-likeness (QED) is 0.235. The third-order valence-corrected chi connectivity index (χ3v) is 6.44. The lowest BCUT2D eigenvalue weighted by Crippen LogP contribution is -2.22. The van der Waals surface area contributed by atoms with Crippen molar-refractivity contribution in [1.29, 1.82) is 0 Å². The van der Waals surface area contributed by atoms with Crippen molar-refractivity contribution in [2.75, 3.05) is 19.8 Å². The van der Waals surface area contributed by atoms with E-state index in [9.17, 15) is 0 Å². The molecule has 0 aromatic heterocycles. The van der Waals surface area contributed by atoms with Gasteiger partial charge in [-0.05, 0) is 74.6 Å². The van der Waals surface area contributed by atoms with Crippen molar-refractivity contribution in [1.82, 2.24) is 0 Å². The summed E-state index contributed by atoms with van der Waals surface area (Å²) < 4.78 is 17.2. The maximum Gasteiger partial charge on any atom is 0.157 e. The first-order chi connectivity index (χ1) is 14.2. The van der Waals surface area contributed by atoms with E-state index >= 15 is 0 Å². The molecule has 0 spiro atoms. The molecule has 1 aromatic carbocycles. The standard InChI is InChI=1S/C25H37ClO3/c1-20-23(24(20)16-19-29-25-11-7-9-18-28-25)10-6-4-2-3-5-8-17-27-22-14-12-21(26)13-15-22/h12-15,23-25H,1-11,16-19H2/t23-,24+,25?/m1/s1. The van der Waals surface area contributed by atoms with E-state index in [1.807, 2.05) is 24.3 Å². The van der Waals surface area contributed by atoms with E-state index in [1.165, 1.54) is 56.9 Å². The molecular weight excluding hydrogens is 384 g/mol. The van der Waals surface area contributed by atoms with E-state index in [1.54, 1.807) is 0 Å². The van der Waals surface area contributed by atoms with E-state index in [2.05, 4.69) is 6.58 Å². The van der Waals surface area contributed by atoms with Gasteiger partial charge in [0.25, 0.3) is 0 Å². The average molecular weight is 421 g/mol. The minimum atomic E-state index is 0.0470. The molecule has 3 atom stereocenters. The highest BCUT2D eigenvalue weighted by atomic mass is 35.5. The van der Waals surface area contributed by atoms with Gasteiger partial charge in [-0.3, -0.25) is 0 Å². The van der Waals surface area contributed by atoms with Gasteiger partial charge in [-0.1, -0.05) is 55.9 Å². The molecule has 1 aliphatic heterocycles. The van der Waals surface area contributed by atoms with Crippen LogP contribution in [0.5, 0.6) is 5.75 Å². The van der Waals surface area contributed by atoms with E-state index in [4.69, 9.17) is 25.8 Å². The molecule has 1 saturated carbocycles. The van der Waals surface area contributed by atoms with Gasteiger partial charge in [0.2, 0.25) is 0 Å². The third-order valence-electron chi connectivity index (χ3n) is 6.19. The molecule has 1 saturated heterocycles. The van der Waals surface area contributed by atoms with E-state index in [-0.39, 0.29) is 6.29 Å². The molecular formula is C25H37ClO3. The van der Waals surface area contributed by atoms with Crippen LogP contribution in [0.4, 0.5) is 0 Å². The van der Waals surface area contributed by atoms with Crippen LogP contribution in [0.25, 0.3) is 0 Å². The van der Waals surface area contributed by atoms with Crippen LogP contribution in [0, 0.1) is 11.8 Å². The molecule has 1 aromatic rings. The van der Waals surface area contributed by atoms with Gasteiger partial charge >= 0.3 is 0 Å². The number of rotatable bonds is 14. The molecule has 0 amide bonds. The summed E-state index contributed by atoms with van der Waals surface area (Å²) in [7, 11) is 0. The molecule has 1 unspecified atom stereocenters. The van der Waals surface area contributed by atoms with Crippen LogP contribution in [-0.4, -0.2) is 26.1 Å². The Balaban J connectivity index is 1.11. The van der Waals surface area contributed by atoms with Crippen LogP contribution in [0.2, 0.25) is 5.02 Å². The van der Waals surface area contributed by atoms with Gasteiger partial charge in [0.05, 0.1) is 13.2 Å². The van der Waals surface area contributed by atoms with Crippen molar-refractivity contribution in [3.63, 3.8) is 0 Å². The van der Waals surface area contributed by atoms with Crippen LogP contribution >= 0.6 is 11.6 Å². The van der Waals surface area contributed by atoms with Crippen LogP contribution in [0.3, 0.4) is 0 Å². The Bertz CT molecular complexity index is 595. The second kappa shape index (κ2) is 12.6. The molecule has 3 rings (SSSR count). The molecule has 29 heavy (non-hydrogen) atoms. The van der Waals surface area contributed by atoms with Crippen LogP contribution in [0.15, 0.2) is 36.4 Å². The molecule has 0 bridgehead atoms. The summed E-state index contributed by atoms with van der Waals surface area (Å²) in [4.78, 5) is 0. The maximum atomic E-state index is 5.88. The number of ether oxygens (including phenoxy) is 3. The SMILES string of the molecule is C=C1[C@@H](CCCCCCCCOc2ccc(Cl)cc2)[C@H]1CCOC1CCCCO1. The normalized spacial score (nSPS) is 23.9. The Kier molecular flexibility index (Phi) is 9.85. The third kappa shape index (κ3) is 8.32. The highest BCUT2D eigenvalue weighted by Gasteiger charge is 2.40. The molecule has 2 aliphatic rings. The first-order valence-electron chi connectivity index (χ1n) is 11.5. The predicted molar refractivity (Wildman–Crippen MR) is 120 cm³/mol. The van der Waals surface area contributed by atoms with Gasteiger partial charge in [0.15, 0.2) is 6.29 Å². The lowest BCUT2D eigenvalue weighted by Gasteiger charge is -2.22. The highest BCUT2D eigenvalue weighted by molar-refractivity contribution is 6.30. The fraction of sp³-hybridized carbons (Fsp3) is 0.680. The summed E-state index contributed by atoms with van der Waals surface area (Å²) in [5.41, 5.74) is 1.46. The van der Waals surface area contributed by atoms with Crippen molar-refractivity contribution in [3.8, 4) is 5.75 Å². The molecule has 0 N–H and O–H groups in total. The van der Waals surface area contributed by atoms with Gasteiger partial charge in [0.1, 0.15) is 5.75 Å². The molecule has 3 nitrogen and oxygen atoms in total. The number of halogens is 1. The number of hydrogen-bond donors (Lipinski definition) is 0. The zero-order valence-electron chi connectivity index (χ0n) is 17.8. The van der Waals surface area contributed by atoms with E-state index in [0.29, 0.717) is 5.92 Å². The van der Waals surface area contributed by atoms with Crippen molar-refractivity contribution in [3.05, 3.63) is 41.4 Å². The molecule has 4 heteroatoms. The fourth-order valence-corrected chi connectivity index (χ4v) is 4.41. The first kappa shape index (κ1) is 22.7. The maximum absolute atomic E-state index is 5.88. The minimum absolute atomic E-state index is 0.0470. The zero-order valence-corrected chi connectivity index (χ0v) is 18.5. The lowest BCUT2D eigenvalue weighted by molar-refractivity contribution is -0.163. The van der Waals surface area contributed by atoms with E-state index in [0.717, 1.165) is 55.8 Å². The Morgan fingerprint density at radius 2 is 1.62 bits per heavy atom. The van der Waals surface area contributed by atoms with Crippen LogP contribution < -0.4 is 4.74 Å². The van der Waals surface area contributed by atoms with Gasteiger partial charge in [-0.15, -0.1) is 0 Å². The summed E-state index contributed by atoms with van der Waals surface area (Å²) in [6, 6.07) is 7.59. The van der Waals surface area contributed by atoms with Crippen molar-refractivity contribution in [2.45, 2.75) is 76.9 Å². The van der Waals surface area contributed by atoms with Gasteiger partial charge in [-0.25, -0.2) is 0 Å². The Morgan fingerprint density at radius 3 is 2.38 bits per heavy atom. The van der Waals surface area contributed by atoms with E-state index < -0.39 is 0 Å². The summed E-state index contributed by atoms with van der Waals surface area (Å²) in [6.45, 7) is 6.74. The van der Waals surface area contributed by atoms with Crippen molar-refractivity contribution < 1.29 is 14.2 Å². The van der Waals surface area contributed by atoms with Gasteiger partial charge in [0, 0.05) is 11.6 Å². The second-order valence-corrected chi connectivity index (χ2v) is 8.89. The number of hydrogen-bond acceptors (Lipinski definition) is 3. The predicted octanol–water partition coefficient (Wildman–Crippen LogP) is 7.19. The summed E-state index contributed by atoms with van der Waals surface area (Å²) >= 11 is 5.88. The van der Waals surface area contributed by atoms with Crippen molar-refractivity contribution in [2.24, 2.45) is 11.8 Å². The zero-order chi connectivity index (χ0) is 20.3. The molecule has 1 aliphatic carbocycles. The van der Waals surface area contributed by atoms with Crippen molar-refractivity contribution >= 4 is 11.6 Å². The second-order valence-electron chi connectivity index (χ2n) is 8.46. The monoisotopic (exact) mass is 420 g/mol. The number of benzene rings is 1. The largest absolute Gasteiger partial charge is 0.494 e. The Morgan fingerprint density at radius 1 is 0.897 bits per heavy atom. The van der Waals surface area contributed by atoms with Gasteiger partial charge in [-0.2, -0.15) is 0 Å². The summed E-state index contributed by atoms with van der Waals surface area (Å²) in [5.74, 6) is 2.35. The first-order valence-corrected chi connectivity index (χ1v) is 11.9. The Labute approximate surface area is 181 Å².